The molecule has 0 aromatic rings. The molecule has 0 aromatic carbocycles. The van der Waals surface area contributed by atoms with Crippen LogP contribution in [0.25, 0.3) is 0 Å². The van der Waals surface area contributed by atoms with Gasteiger partial charge in [0.25, 0.3) is 0 Å². The summed E-state index contributed by atoms with van der Waals surface area (Å²) >= 11 is 0. The van der Waals surface area contributed by atoms with E-state index in [-0.39, 0.29) is 23.6 Å². The number of hydrogen-bond acceptors (Lipinski definition) is 4. The van der Waals surface area contributed by atoms with Gasteiger partial charge in [-0.25, -0.2) is 0 Å². The summed E-state index contributed by atoms with van der Waals surface area (Å²) in [4.78, 5) is 47.4. The first-order valence-corrected chi connectivity index (χ1v) is 12.6. The summed E-state index contributed by atoms with van der Waals surface area (Å²) in [6, 6.07) is 0. The zero-order valence-electron chi connectivity index (χ0n) is 19.8. The van der Waals surface area contributed by atoms with E-state index in [2.05, 4.69) is 21.3 Å². The van der Waals surface area contributed by atoms with Crippen molar-refractivity contribution in [3.05, 3.63) is 0 Å². The van der Waals surface area contributed by atoms with Crippen LogP contribution in [-0.2, 0) is 19.2 Å². The van der Waals surface area contributed by atoms with E-state index in [0.29, 0.717) is 51.9 Å². The maximum atomic E-state index is 11.8. The fraction of sp³-hybridized carbons (Fsp3) is 0.833. The van der Waals surface area contributed by atoms with E-state index >= 15 is 0 Å². The van der Waals surface area contributed by atoms with Crippen LogP contribution < -0.4 is 21.3 Å². The Hall–Kier alpha value is -2.12. The molecule has 8 nitrogen and oxygen atoms in total. The Morgan fingerprint density at radius 1 is 0.312 bits per heavy atom. The first-order valence-electron chi connectivity index (χ1n) is 12.6. The van der Waals surface area contributed by atoms with Crippen LogP contribution in [0, 0.1) is 0 Å². The molecule has 1 aliphatic rings. The van der Waals surface area contributed by atoms with Crippen LogP contribution in [0.4, 0.5) is 0 Å². The van der Waals surface area contributed by atoms with E-state index < -0.39 is 0 Å². The largest absolute Gasteiger partial charge is 0.356 e. The van der Waals surface area contributed by atoms with Crippen molar-refractivity contribution in [3.63, 3.8) is 0 Å². The average molecular weight is 453 g/mol. The molecule has 0 aliphatic carbocycles. The van der Waals surface area contributed by atoms with Gasteiger partial charge in [-0.1, -0.05) is 25.7 Å². The van der Waals surface area contributed by atoms with E-state index in [4.69, 9.17) is 0 Å². The molecule has 1 rings (SSSR count). The minimum Gasteiger partial charge on any atom is -0.356 e. The van der Waals surface area contributed by atoms with Crippen LogP contribution >= 0.6 is 0 Å². The lowest BCUT2D eigenvalue weighted by molar-refractivity contribution is -0.123. The number of rotatable bonds is 0. The summed E-state index contributed by atoms with van der Waals surface area (Å²) in [7, 11) is 0. The quantitative estimate of drug-likeness (QED) is 0.452. The molecule has 32 heavy (non-hydrogen) atoms. The van der Waals surface area contributed by atoms with Crippen LogP contribution in [0.2, 0.25) is 0 Å². The van der Waals surface area contributed by atoms with Gasteiger partial charge >= 0.3 is 0 Å². The van der Waals surface area contributed by atoms with Crippen LogP contribution in [0.15, 0.2) is 0 Å². The van der Waals surface area contributed by atoms with Gasteiger partial charge in [-0.3, -0.25) is 19.2 Å². The Morgan fingerprint density at radius 3 is 0.750 bits per heavy atom. The van der Waals surface area contributed by atoms with E-state index in [1.54, 1.807) is 0 Å². The number of carbonyl (C=O) groups is 4. The van der Waals surface area contributed by atoms with Crippen LogP contribution in [0.1, 0.15) is 103 Å². The van der Waals surface area contributed by atoms with Gasteiger partial charge in [0.05, 0.1) is 0 Å². The van der Waals surface area contributed by atoms with Crippen LogP contribution in [0.3, 0.4) is 0 Å². The Kier molecular flexibility index (Phi) is 17.1. The predicted octanol–water partition coefficient (Wildman–Crippen LogP) is 2.71. The van der Waals surface area contributed by atoms with Crippen molar-refractivity contribution in [2.75, 3.05) is 26.2 Å². The van der Waals surface area contributed by atoms with E-state index in [9.17, 15) is 19.2 Å². The fourth-order valence-corrected chi connectivity index (χ4v) is 3.61. The predicted molar refractivity (Wildman–Crippen MR) is 126 cm³/mol. The van der Waals surface area contributed by atoms with Gasteiger partial charge < -0.3 is 21.3 Å². The van der Waals surface area contributed by atoms with Crippen molar-refractivity contribution in [2.24, 2.45) is 0 Å². The normalized spacial score (nSPS) is 21.8. The third-order valence-corrected chi connectivity index (χ3v) is 5.61. The van der Waals surface area contributed by atoms with Crippen molar-refractivity contribution < 1.29 is 19.2 Å². The standard InChI is InChI=1S/C24H44N4O4/c29-21-13-5-6-15-23(31)27-19-11-3-4-12-20-28-24(32)16-8-7-14-22(30)26-18-10-2-1-9-17-25-21/h1-20H2,(H,25,29)(H,26,30)(H,27,31)(H,28,32). The smallest absolute Gasteiger partial charge is 0.219 e. The molecule has 1 fully saturated rings. The summed E-state index contributed by atoms with van der Waals surface area (Å²) < 4.78 is 0. The van der Waals surface area contributed by atoms with E-state index in [1.165, 1.54) is 0 Å². The highest BCUT2D eigenvalue weighted by Gasteiger charge is 2.06. The van der Waals surface area contributed by atoms with Crippen molar-refractivity contribution in [1.82, 2.24) is 21.3 Å². The molecule has 0 radical (unpaired) electrons. The maximum Gasteiger partial charge on any atom is 0.219 e. The van der Waals surface area contributed by atoms with Gasteiger partial charge in [0.1, 0.15) is 0 Å². The highest BCUT2D eigenvalue weighted by atomic mass is 16.2. The molecule has 4 amide bonds. The summed E-state index contributed by atoms with van der Waals surface area (Å²) in [5.74, 6) is 0.230. The lowest BCUT2D eigenvalue weighted by atomic mass is 10.1. The Labute approximate surface area is 193 Å². The number of nitrogens with one attached hydrogen (secondary N) is 4. The molecule has 4 N–H and O–H groups in total. The molecule has 8 heteroatoms. The van der Waals surface area contributed by atoms with Crippen LogP contribution in [-0.4, -0.2) is 49.8 Å². The van der Waals surface area contributed by atoms with Gasteiger partial charge in [-0.2, -0.15) is 0 Å². The number of hydrogen-bond donors (Lipinski definition) is 4. The lowest BCUT2D eigenvalue weighted by Crippen LogP contribution is -2.26. The topological polar surface area (TPSA) is 116 Å². The third kappa shape index (κ3) is 17.5. The SMILES string of the molecule is O=C1CCCCC(=O)NCCCCCCNC(=O)CCCCC(=O)NCCCCCCN1. The summed E-state index contributed by atoms with van der Waals surface area (Å²) in [5, 5.41) is 11.7. The molecule has 0 atom stereocenters. The van der Waals surface area contributed by atoms with Gasteiger partial charge in [0.15, 0.2) is 0 Å². The van der Waals surface area contributed by atoms with Gasteiger partial charge in [-0.15, -0.1) is 0 Å². The number of amides is 4. The Balaban J connectivity index is 2.26. The molecule has 1 heterocycles. The van der Waals surface area contributed by atoms with E-state index in [0.717, 1.165) is 77.0 Å². The molecular formula is C24H44N4O4. The maximum absolute atomic E-state index is 11.8. The molecule has 0 spiro atoms. The zero-order chi connectivity index (χ0) is 23.3. The van der Waals surface area contributed by atoms with Gasteiger partial charge in [-0.05, 0) is 51.4 Å². The first-order chi connectivity index (χ1) is 15.6. The van der Waals surface area contributed by atoms with Crippen molar-refractivity contribution in [2.45, 2.75) is 103 Å². The highest BCUT2D eigenvalue weighted by Crippen LogP contribution is 2.04. The Bertz CT molecular complexity index is 458. The zero-order valence-corrected chi connectivity index (χ0v) is 19.8. The van der Waals surface area contributed by atoms with Crippen LogP contribution in [0.5, 0.6) is 0 Å². The van der Waals surface area contributed by atoms with Gasteiger partial charge in [0, 0.05) is 51.9 Å². The highest BCUT2D eigenvalue weighted by molar-refractivity contribution is 5.77. The molecule has 0 saturated carbocycles. The molecular weight excluding hydrogens is 408 g/mol. The number of carbonyl (C=O) groups excluding carboxylic acids is 4. The van der Waals surface area contributed by atoms with Crippen molar-refractivity contribution in [3.8, 4) is 0 Å². The fourth-order valence-electron chi connectivity index (χ4n) is 3.61. The Morgan fingerprint density at radius 2 is 0.531 bits per heavy atom. The second-order valence-corrected chi connectivity index (χ2v) is 8.64. The minimum absolute atomic E-state index is 0.0574. The van der Waals surface area contributed by atoms with Crippen molar-refractivity contribution in [1.29, 1.82) is 0 Å². The molecule has 1 aliphatic heterocycles. The lowest BCUT2D eigenvalue weighted by Gasteiger charge is -2.08. The molecule has 0 aromatic heterocycles. The summed E-state index contributed by atoms with van der Waals surface area (Å²) in [6.07, 6.45) is 12.6. The first kappa shape index (κ1) is 27.9. The molecule has 1 saturated heterocycles. The van der Waals surface area contributed by atoms with E-state index in [1.807, 2.05) is 0 Å². The molecule has 184 valence electrons. The third-order valence-electron chi connectivity index (χ3n) is 5.61. The monoisotopic (exact) mass is 452 g/mol. The molecule has 0 unspecified atom stereocenters. The summed E-state index contributed by atoms with van der Waals surface area (Å²) in [5.41, 5.74) is 0. The second-order valence-electron chi connectivity index (χ2n) is 8.64. The summed E-state index contributed by atoms with van der Waals surface area (Å²) in [6.45, 7) is 2.72. The molecule has 0 bridgehead atoms. The van der Waals surface area contributed by atoms with Crippen molar-refractivity contribution >= 4 is 23.6 Å². The second kappa shape index (κ2) is 19.6. The average Bonchev–Trinajstić information content (AvgIpc) is 2.77. The minimum atomic E-state index is 0.0574. The van der Waals surface area contributed by atoms with Gasteiger partial charge in [0.2, 0.25) is 23.6 Å².